The Balaban J connectivity index is 1.43. The van der Waals surface area contributed by atoms with Gasteiger partial charge in [-0.05, 0) is 55.3 Å². The van der Waals surface area contributed by atoms with Crippen molar-refractivity contribution >= 4 is 34.3 Å². The number of carbonyl (C=O) groups is 2. The van der Waals surface area contributed by atoms with Gasteiger partial charge in [-0.15, -0.1) is 0 Å². The number of rotatable bonds is 2. The minimum atomic E-state index is -0.664. The van der Waals surface area contributed by atoms with E-state index in [1.165, 1.54) is 0 Å². The lowest BCUT2D eigenvalue weighted by Crippen LogP contribution is -2.36. The molecule has 6 rings (SSSR count). The van der Waals surface area contributed by atoms with E-state index in [4.69, 9.17) is 4.74 Å². The first kappa shape index (κ1) is 19.5. The van der Waals surface area contributed by atoms with Crippen molar-refractivity contribution in [2.24, 2.45) is 0 Å². The highest BCUT2D eigenvalue weighted by Gasteiger charge is 2.52. The zero-order valence-corrected chi connectivity index (χ0v) is 18.2. The van der Waals surface area contributed by atoms with Crippen LogP contribution in [0.5, 0.6) is 0 Å². The van der Waals surface area contributed by atoms with Crippen LogP contribution in [-0.2, 0) is 4.74 Å². The molecule has 1 fully saturated rings. The van der Waals surface area contributed by atoms with Crippen LogP contribution in [0.4, 0.5) is 16.2 Å². The molecule has 1 N–H and O–H groups in total. The molecule has 2 aliphatic rings. The minimum Gasteiger partial charge on any atom is -0.441 e. The van der Waals surface area contributed by atoms with Gasteiger partial charge in [0.2, 0.25) is 0 Å². The Morgan fingerprint density at radius 2 is 1.82 bits per heavy atom. The summed E-state index contributed by atoms with van der Waals surface area (Å²) in [6.07, 6.45) is 1.33. The molecule has 2 aliphatic heterocycles. The van der Waals surface area contributed by atoms with E-state index in [2.05, 4.69) is 10.3 Å². The lowest BCUT2D eigenvalue weighted by Gasteiger charge is -2.36. The molecular formula is C27H21N3O3. The molecule has 33 heavy (non-hydrogen) atoms. The lowest BCUT2D eigenvalue weighted by atomic mass is 9.82. The van der Waals surface area contributed by atoms with E-state index in [0.717, 1.165) is 33.3 Å². The second-order valence-electron chi connectivity index (χ2n) is 8.90. The number of hydrogen-bond donors (Lipinski definition) is 1. The van der Waals surface area contributed by atoms with Gasteiger partial charge in [-0.1, -0.05) is 42.5 Å². The highest BCUT2D eigenvalue weighted by atomic mass is 16.6. The minimum absolute atomic E-state index is 0.227. The summed E-state index contributed by atoms with van der Waals surface area (Å²) in [5, 5.41) is 3.95. The van der Waals surface area contributed by atoms with Crippen molar-refractivity contribution in [3.8, 4) is 11.1 Å². The third-order valence-electron chi connectivity index (χ3n) is 6.41. The van der Waals surface area contributed by atoms with Gasteiger partial charge < -0.3 is 10.1 Å². The molecule has 6 heteroatoms. The van der Waals surface area contributed by atoms with Gasteiger partial charge in [0.05, 0.1) is 16.9 Å². The molecule has 0 aliphatic carbocycles. The fraction of sp³-hybridized carbons (Fsp3) is 0.148. The predicted molar refractivity (Wildman–Crippen MR) is 127 cm³/mol. The fourth-order valence-electron chi connectivity index (χ4n) is 4.98. The van der Waals surface area contributed by atoms with E-state index in [1.807, 2.05) is 80.6 Å². The number of para-hydroxylation sites is 1. The van der Waals surface area contributed by atoms with Gasteiger partial charge in [0.1, 0.15) is 11.6 Å². The van der Waals surface area contributed by atoms with E-state index in [0.29, 0.717) is 11.3 Å². The Bertz CT molecular complexity index is 1450. The number of pyridine rings is 1. The van der Waals surface area contributed by atoms with Gasteiger partial charge in [-0.25, -0.2) is 4.79 Å². The maximum Gasteiger partial charge on any atom is 0.415 e. The van der Waals surface area contributed by atoms with Crippen molar-refractivity contribution in [3.63, 3.8) is 0 Å². The number of carbonyl (C=O) groups excluding carboxylic acids is 2. The number of cyclic esters (lactones) is 1. The number of hydrogen-bond acceptors (Lipinski definition) is 4. The summed E-state index contributed by atoms with van der Waals surface area (Å²) in [5.74, 6) is -0.236. The van der Waals surface area contributed by atoms with Crippen molar-refractivity contribution in [1.29, 1.82) is 0 Å². The average molecular weight is 435 g/mol. The Kier molecular flexibility index (Phi) is 4.08. The van der Waals surface area contributed by atoms with Crippen LogP contribution in [0.15, 0.2) is 79.0 Å². The van der Waals surface area contributed by atoms with Crippen molar-refractivity contribution in [3.05, 3.63) is 90.1 Å². The smallest absolute Gasteiger partial charge is 0.415 e. The van der Waals surface area contributed by atoms with Crippen molar-refractivity contribution < 1.29 is 14.3 Å². The Morgan fingerprint density at radius 3 is 2.70 bits per heavy atom. The highest BCUT2D eigenvalue weighted by Crippen LogP contribution is 2.53. The van der Waals surface area contributed by atoms with E-state index >= 15 is 0 Å². The molecule has 6 nitrogen and oxygen atoms in total. The number of benzene rings is 3. The fourth-order valence-corrected chi connectivity index (χ4v) is 4.98. The van der Waals surface area contributed by atoms with E-state index in [1.54, 1.807) is 17.2 Å². The molecule has 2 amide bonds. The highest BCUT2D eigenvalue weighted by molar-refractivity contribution is 6.10. The number of amides is 2. The zero-order chi connectivity index (χ0) is 22.7. The molecule has 1 saturated heterocycles. The third kappa shape index (κ3) is 2.91. The molecule has 3 aromatic carbocycles. The first-order chi connectivity index (χ1) is 15.9. The van der Waals surface area contributed by atoms with Gasteiger partial charge in [0.15, 0.2) is 0 Å². The number of nitrogens with zero attached hydrogens (tertiary/aromatic N) is 2. The molecule has 0 unspecified atom stereocenters. The normalized spacial score (nSPS) is 17.7. The molecular weight excluding hydrogens is 414 g/mol. The van der Waals surface area contributed by atoms with Crippen LogP contribution in [0.2, 0.25) is 0 Å². The Hall–Kier alpha value is -4.19. The first-order valence-electron chi connectivity index (χ1n) is 10.8. The summed E-state index contributed by atoms with van der Waals surface area (Å²) < 4.78 is 5.71. The summed E-state index contributed by atoms with van der Waals surface area (Å²) in [6.45, 7) is 3.86. The molecule has 0 saturated carbocycles. The summed E-state index contributed by atoms with van der Waals surface area (Å²) in [6, 6.07) is 22.7. The van der Waals surface area contributed by atoms with Gasteiger partial charge in [-0.3, -0.25) is 14.7 Å². The number of anilines is 2. The molecule has 0 bridgehead atoms. The summed E-state index contributed by atoms with van der Waals surface area (Å²) in [5.41, 5.74) is 4.82. The molecule has 0 spiro atoms. The summed E-state index contributed by atoms with van der Waals surface area (Å²) in [7, 11) is 0. The molecule has 4 aromatic rings. The summed E-state index contributed by atoms with van der Waals surface area (Å²) >= 11 is 0. The van der Waals surface area contributed by atoms with Crippen LogP contribution in [0.25, 0.3) is 22.0 Å². The lowest BCUT2D eigenvalue weighted by molar-refractivity contribution is 0.0685. The van der Waals surface area contributed by atoms with E-state index in [-0.39, 0.29) is 18.0 Å². The standard InChI is InChI=1S/C27H21N3O3/c1-27(2)24-19-10-4-3-9-18(19)20-15-17(12-13-22(20)30(24)26(32)33-27)25(31)29-21-11-5-7-16-8-6-14-28-23(16)21/h3-15,24H,1-2H3,(H,29,31)/t24-/m0/s1. The van der Waals surface area contributed by atoms with Crippen LogP contribution in [-0.4, -0.2) is 22.6 Å². The van der Waals surface area contributed by atoms with Crippen molar-refractivity contribution in [2.75, 3.05) is 10.2 Å². The molecule has 3 heterocycles. The van der Waals surface area contributed by atoms with E-state index in [9.17, 15) is 9.59 Å². The van der Waals surface area contributed by atoms with Gasteiger partial charge in [0.25, 0.3) is 5.91 Å². The summed E-state index contributed by atoms with van der Waals surface area (Å²) in [4.78, 5) is 32.1. The van der Waals surface area contributed by atoms with Gasteiger partial charge in [0, 0.05) is 22.7 Å². The van der Waals surface area contributed by atoms with Gasteiger partial charge >= 0.3 is 6.09 Å². The first-order valence-corrected chi connectivity index (χ1v) is 10.8. The maximum absolute atomic E-state index is 13.2. The number of ether oxygens (including phenoxy) is 1. The predicted octanol–water partition coefficient (Wildman–Crippen LogP) is 5.94. The second-order valence-corrected chi connectivity index (χ2v) is 8.90. The van der Waals surface area contributed by atoms with Crippen molar-refractivity contribution in [2.45, 2.75) is 25.5 Å². The Labute approximate surface area is 190 Å². The van der Waals surface area contributed by atoms with Crippen LogP contribution in [0.3, 0.4) is 0 Å². The number of fused-ring (bicyclic) bond motifs is 7. The number of nitrogens with one attached hydrogen (secondary N) is 1. The maximum atomic E-state index is 13.2. The molecule has 1 atom stereocenters. The van der Waals surface area contributed by atoms with Crippen LogP contribution in [0, 0.1) is 0 Å². The quantitative estimate of drug-likeness (QED) is 0.423. The third-order valence-corrected chi connectivity index (χ3v) is 6.41. The molecule has 1 aromatic heterocycles. The molecule has 0 radical (unpaired) electrons. The SMILES string of the molecule is CC1(C)OC(=O)N2c3ccc(C(=O)Nc4cccc5cccnc45)cc3-c3ccccc3[C@H]21. The topological polar surface area (TPSA) is 71.5 Å². The van der Waals surface area contributed by atoms with E-state index < -0.39 is 5.60 Å². The van der Waals surface area contributed by atoms with Crippen LogP contribution < -0.4 is 10.2 Å². The van der Waals surface area contributed by atoms with Crippen LogP contribution in [0.1, 0.15) is 35.8 Å². The van der Waals surface area contributed by atoms with Gasteiger partial charge in [-0.2, -0.15) is 0 Å². The average Bonchev–Trinajstić information content (AvgIpc) is 3.07. The monoisotopic (exact) mass is 435 g/mol. The second kappa shape index (κ2) is 6.90. The van der Waals surface area contributed by atoms with Crippen molar-refractivity contribution in [1.82, 2.24) is 4.98 Å². The molecule has 162 valence electrons. The Morgan fingerprint density at radius 1 is 1.00 bits per heavy atom. The van der Waals surface area contributed by atoms with Crippen LogP contribution >= 0.6 is 0 Å². The zero-order valence-electron chi connectivity index (χ0n) is 18.2. The largest absolute Gasteiger partial charge is 0.441 e. The number of aromatic nitrogens is 1.